The second-order valence-electron chi connectivity index (χ2n) is 5.16. The third kappa shape index (κ3) is 2.25. The van der Waals surface area contributed by atoms with Crippen LogP contribution in [-0.2, 0) is 6.54 Å². The van der Waals surface area contributed by atoms with Crippen LogP contribution < -0.4 is 0 Å². The standard InChI is InChI=1S/C13H19ClN2O/c1-3-8-16-11(10(14)9-15-16)12(17)13(2)6-4-5-7-13/h9H,3-8H2,1-2H3. The van der Waals surface area contributed by atoms with Gasteiger partial charge in [0.1, 0.15) is 5.69 Å². The molecule has 0 atom stereocenters. The van der Waals surface area contributed by atoms with E-state index < -0.39 is 0 Å². The molecule has 0 amide bonds. The van der Waals surface area contributed by atoms with Gasteiger partial charge in [-0.25, -0.2) is 0 Å². The van der Waals surface area contributed by atoms with Crippen molar-refractivity contribution in [3.8, 4) is 0 Å². The van der Waals surface area contributed by atoms with Gasteiger partial charge in [-0.15, -0.1) is 0 Å². The molecule has 0 unspecified atom stereocenters. The Morgan fingerprint density at radius 1 is 1.53 bits per heavy atom. The molecule has 0 spiro atoms. The maximum absolute atomic E-state index is 12.6. The van der Waals surface area contributed by atoms with Crippen LogP contribution >= 0.6 is 11.6 Å². The van der Waals surface area contributed by atoms with Crippen LogP contribution in [0.4, 0.5) is 0 Å². The van der Waals surface area contributed by atoms with Crippen molar-refractivity contribution in [2.75, 3.05) is 0 Å². The SMILES string of the molecule is CCCn1ncc(Cl)c1C(=O)C1(C)CCCC1. The van der Waals surface area contributed by atoms with E-state index in [1.165, 1.54) is 0 Å². The second-order valence-corrected chi connectivity index (χ2v) is 5.57. The summed E-state index contributed by atoms with van der Waals surface area (Å²) in [7, 11) is 0. The van der Waals surface area contributed by atoms with Crippen molar-refractivity contribution in [3.05, 3.63) is 16.9 Å². The average molecular weight is 255 g/mol. The molecule has 1 heterocycles. The molecule has 1 saturated carbocycles. The number of carbonyl (C=O) groups is 1. The van der Waals surface area contributed by atoms with Crippen LogP contribution in [-0.4, -0.2) is 15.6 Å². The Kier molecular flexibility index (Phi) is 3.57. The Bertz CT molecular complexity index is 419. The second kappa shape index (κ2) is 4.81. The van der Waals surface area contributed by atoms with Gasteiger partial charge in [0.25, 0.3) is 0 Å². The minimum Gasteiger partial charge on any atom is -0.292 e. The van der Waals surface area contributed by atoms with Gasteiger partial charge in [0.15, 0.2) is 5.78 Å². The van der Waals surface area contributed by atoms with E-state index in [2.05, 4.69) is 18.9 Å². The molecule has 0 N–H and O–H groups in total. The lowest BCUT2D eigenvalue weighted by atomic mass is 9.82. The number of Topliss-reactive ketones (excluding diaryl/α,β-unsaturated/α-hetero) is 1. The molecule has 0 saturated heterocycles. The third-order valence-electron chi connectivity index (χ3n) is 3.70. The van der Waals surface area contributed by atoms with Gasteiger partial charge >= 0.3 is 0 Å². The number of ketones is 1. The number of rotatable bonds is 4. The fraction of sp³-hybridized carbons (Fsp3) is 0.692. The van der Waals surface area contributed by atoms with Crippen molar-refractivity contribution in [1.29, 1.82) is 0 Å². The highest BCUT2D eigenvalue weighted by molar-refractivity contribution is 6.33. The number of nitrogens with zero attached hydrogens (tertiary/aromatic N) is 2. The largest absolute Gasteiger partial charge is 0.292 e. The van der Waals surface area contributed by atoms with Crippen LogP contribution in [0.25, 0.3) is 0 Å². The van der Waals surface area contributed by atoms with Crippen LogP contribution in [0.2, 0.25) is 5.02 Å². The molecule has 1 aromatic heterocycles. The number of carbonyl (C=O) groups excluding carboxylic acids is 1. The zero-order valence-electron chi connectivity index (χ0n) is 10.5. The van der Waals surface area contributed by atoms with Gasteiger partial charge in [-0.2, -0.15) is 5.10 Å². The minimum absolute atomic E-state index is 0.172. The molecule has 0 aliphatic heterocycles. The lowest BCUT2D eigenvalue weighted by molar-refractivity contribution is 0.0811. The van der Waals surface area contributed by atoms with Gasteiger partial charge in [0.05, 0.1) is 11.2 Å². The van der Waals surface area contributed by atoms with Crippen LogP contribution in [0.3, 0.4) is 0 Å². The van der Waals surface area contributed by atoms with E-state index in [0.29, 0.717) is 10.7 Å². The Labute approximate surface area is 107 Å². The molecule has 1 aliphatic carbocycles. The number of hydrogen-bond donors (Lipinski definition) is 0. The first-order chi connectivity index (χ1) is 8.08. The summed E-state index contributed by atoms with van der Waals surface area (Å²) in [6.45, 7) is 4.88. The Hall–Kier alpha value is -0.830. The van der Waals surface area contributed by atoms with E-state index in [9.17, 15) is 4.79 Å². The summed E-state index contributed by atoms with van der Waals surface area (Å²) in [4.78, 5) is 12.6. The summed E-state index contributed by atoms with van der Waals surface area (Å²) in [5.41, 5.74) is 0.382. The minimum atomic E-state index is -0.227. The maximum atomic E-state index is 12.6. The van der Waals surface area contributed by atoms with E-state index in [-0.39, 0.29) is 11.2 Å². The normalized spacial score (nSPS) is 18.5. The average Bonchev–Trinajstić information content (AvgIpc) is 2.87. The predicted octanol–water partition coefficient (Wildman–Crippen LogP) is 3.71. The van der Waals surface area contributed by atoms with E-state index in [1.54, 1.807) is 10.9 Å². The van der Waals surface area contributed by atoms with Gasteiger partial charge < -0.3 is 0 Å². The molecule has 0 bridgehead atoms. The first kappa shape index (κ1) is 12.6. The zero-order valence-corrected chi connectivity index (χ0v) is 11.3. The topological polar surface area (TPSA) is 34.9 Å². The van der Waals surface area contributed by atoms with E-state index in [1.807, 2.05) is 0 Å². The number of aromatic nitrogens is 2. The van der Waals surface area contributed by atoms with Crippen molar-refractivity contribution in [2.45, 2.75) is 52.5 Å². The third-order valence-corrected chi connectivity index (χ3v) is 3.98. The van der Waals surface area contributed by atoms with E-state index in [4.69, 9.17) is 11.6 Å². The van der Waals surface area contributed by atoms with Crippen molar-refractivity contribution >= 4 is 17.4 Å². The van der Waals surface area contributed by atoms with Gasteiger partial charge in [-0.05, 0) is 19.3 Å². The van der Waals surface area contributed by atoms with Crippen LogP contribution in [0.15, 0.2) is 6.20 Å². The quantitative estimate of drug-likeness (QED) is 0.768. The summed E-state index contributed by atoms with van der Waals surface area (Å²) < 4.78 is 1.76. The molecular weight excluding hydrogens is 236 g/mol. The first-order valence-electron chi connectivity index (χ1n) is 6.34. The fourth-order valence-electron chi connectivity index (χ4n) is 2.64. The van der Waals surface area contributed by atoms with Crippen LogP contribution in [0.1, 0.15) is 56.4 Å². The molecule has 17 heavy (non-hydrogen) atoms. The number of hydrogen-bond acceptors (Lipinski definition) is 2. The van der Waals surface area contributed by atoms with Gasteiger partial charge in [-0.3, -0.25) is 9.48 Å². The highest BCUT2D eigenvalue weighted by Crippen LogP contribution is 2.41. The summed E-state index contributed by atoms with van der Waals surface area (Å²) in [5, 5.41) is 4.69. The highest BCUT2D eigenvalue weighted by atomic mass is 35.5. The maximum Gasteiger partial charge on any atom is 0.188 e. The molecular formula is C13H19ClN2O. The fourth-order valence-corrected chi connectivity index (χ4v) is 2.86. The van der Waals surface area contributed by atoms with Crippen molar-refractivity contribution < 1.29 is 4.79 Å². The molecule has 0 aromatic carbocycles. The van der Waals surface area contributed by atoms with E-state index in [0.717, 1.165) is 38.6 Å². The monoisotopic (exact) mass is 254 g/mol. The van der Waals surface area contributed by atoms with Crippen molar-refractivity contribution in [1.82, 2.24) is 9.78 Å². The van der Waals surface area contributed by atoms with Crippen molar-refractivity contribution in [3.63, 3.8) is 0 Å². The van der Waals surface area contributed by atoms with Gasteiger partial charge in [-0.1, -0.05) is 38.3 Å². The van der Waals surface area contributed by atoms with Gasteiger partial charge in [0, 0.05) is 12.0 Å². The molecule has 4 heteroatoms. The van der Waals surface area contributed by atoms with E-state index >= 15 is 0 Å². The Balaban J connectivity index is 2.32. The molecule has 94 valence electrons. The molecule has 1 aliphatic rings. The lowest BCUT2D eigenvalue weighted by Crippen LogP contribution is -2.27. The Morgan fingerprint density at radius 3 is 2.76 bits per heavy atom. The van der Waals surface area contributed by atoms with Crippen molar-refractivity contribution in [2.24, 2.45) is 5.41 Å². The van der Waals surface area contributed by atoms with Crippen LogP contribution in [0.5, 0.6) is 0 Å². The molecule has 1 aromatic rings. The molecule has 2 rings (SSSR count). The molecule has 1 fully saturated rings. The molecule has 3 nitrogen and oxygen atoms in total. The zero-order chi connectivity index (χ0) is 12.5. The summed E-state index contributed by atoms with van der Waals surface area (Å²) >= 11 is 6.11. The van der Waals surface area contributed by atoms with Crippen LogP contribution in [0, 0.1) is 5.41 Å². The summed E-state index contributed by atoms with van der Waals surface area (Å²) in [6, 6.07) is 0. The number of halogens is 1. The highest BCUT2D eigenvalue weighted by Gasteiger charge is 2.39. The summed E-state index contributed by atoms with van der Waals surface area (Å²) in [5.74, 6) is 0.172. The number of aryl methyl sites for hydroxylation is 1. The summed E-state index contributed by atoms with van der Waals surface area (Å²) in [6.07, 6.45) is 6.76. The predicted molar refractivity (Wildman–Crippen MR) is 68.4 cm³/mol. The van der Waals surface area contributed by atoms with Gasteiger partial charge in [0.2, 0.25) is 0 Å². The smallest absolute Gasteiger partial charge is 0.188 e. The Morgan fingerprint density at radius 2 is 2.18 bits per heavy atom. The lowest BCUT2D eigenvalue weighted by Gasteiger charge is -2.22. The first-order valence-corrected chi connectivity index (χ1v) is 6.72. The molecule has 0 radical (unpaired) electrons.